The molecule has 4 nitrogen and oxygen atoms in total. The number of aromatic nitrogens is 1. The number of fused-ring (bicyclic) bond motifs is 1. The number of carbonyl (C=O) groups is 1. The summed E-state index contributed by atoms with van der Waals surface area (Å²) in [4.78, 5) is 25.1. The first-order valence-electron chi connectivity index (χ1n) is 9.93. The van der Waals surface area contributed by atoms with Gasteiger partial charge in [-0.3, -0.25) is 4.79 Å². The molecule has 2 aromatic heterocycles. The molecule has 2 saturated carbocycles. The summed E-state index contributed by atoms with van der Waals surface area (Å²) in [5.41, 5.74) is 2.42. The molecule has 5 heteroatoms. The van der Waals surface area contributed by atoms with Crippen LogP contribution in [0.5, 0.6) is 0 Å². The van der Waals surface area contributed by atoms with Gasteiger partial charge in [-0.1, -0.05) is 32.1 Å². The van der Waals surface area contributed by atoms with Gasteiger partial charge < -0.3 is 4.90 Å². The van der Waals surface area contributed by atoms with Crippen molar-refractivity contribution in [2.75, 3.05) is 0 Å². The van der Waals surface area contributed by atoms with Gasteiger partial charge in [0.1, 0.15) is 4.83 Å². The van der Waals surface area contributed by atoms with E-state index < -0.39 is 0 Å². The lowest BCUT2D eigenvalue weighted by atomic mass is 9.95. The highest BCUT2D eigenvalue weighted by Crippen LogP contribution is 2.44. The summed E-state index contributed by atoms with van der Waals surface area (Å²) in [5.74, 6) is 0.629. The zero-order valence-corrected chi connectivity index (χ0v) is 16.3. The number of hydrogen-bond donors (Lipinski definition) is 0. The standard InChI is InChI=1S/C21H27N3OS/c1-15-20(23-13-24(14-25)17-9-3-2-4-10-17)19-18(16-7-5-6-8-16)11-12-22-21(19)26-15/h11-14,16-17H,2-10H2,1H3/b23-13-. The molecule has 2 heterocycles. The number of pyridine rings is 1. The van der Waals surface area contributed by atoms with Gasteiger partial charge in [0, 0.05) is 22.5 Å². The average molecular weight is 370 g/mol. The van der Waals surface area contributed by atoms with Crippen molar-refractivity contribution in [3.8, 4) is 0 Å². The summed E-state index contributed by atoms with van der Waals surface area (Å²) in [6.07, 6.45) is 15.7. The van der Waals surface area contributed by atoms with Crippen LogP contribution in [0.25, 0.3) is 10.2 Å². The molecular formula is C21H27N3OS. The molecule has 0 atom stereocenters. The summed E-state index contributed by atoms with van der Waals surface area (Å²) in [7, 11) is 0. The number of thiophene rings is 1. The predicted molar refractivity (Wildman–Crippen MR) is 108 cm³/mol. The molecule has 2 aliphatic carbocycles. The van der Waals surface area contributed by atoms with E-state index in [0.29, 0.717) is 12.0 Å². The highest BCUT2D eigenvalue weighted by molar-refractivity contribution is 7.19. The zero-order chi connectivity index (χ0) is 17.9. The Kier molecular flexibility index (Phi) is 5.34. The van der Waals surface area contributed by atoms with E-state index in [2.05, 4.69) is 18.0 Å². The van der Waals surface area contributed by atoms with E-state index in [1.165, 1.54) is 60.8 Å². The van der Waals surface area contributed by atoms with Crippen LogP contribution >= 0.6 is 11.3 Å². The molecule has 1 amide bonds. The molecule has 26 heavy (non-hydrogen) atoms. The maximum Gasteiger partial charge on any atom is 0.215 e. The van der Waals surface area contributed by atoms with Crippen LogP contribution in [0.4, 0.5) is 5.69 Å². The summed E-state index contributed by atoms with van der Waals surface area (Å²) < 4.78 is 0. The van der Waals surface area contributed by atoms with Crippen molar-refractivity contribution < 1.29 is 4.79 Å². The number of aryl methyl sites for hydroxylation is 1. The Morgan fingerprint density at radius 1 is 1.15 bits per heavy atom. The Bertz CT molecular complexity index is 801. The predicted octanol–water partition coefficient (Wildman–Crippen LogP) is 5.71. The van der Waals surface area contributed by atoms with E-state index in [4.69, 9.17) is 4.99 Å². The van der Waals surface area contributed by atoms with Crippen LogP contribution in [0.2, 0.25) is 0 Å². The minimum atomic E-state index is 0.308. The molecule has 0 N–H and O–H groups in total. The Balaban J connectivity index is 1.68. The van der Waals surface area contributed by atoms with Gasteiger partial charge in [0.25, 0.3) is 0 Å². The van der Waals surface area contributed by atoms with Crippen molar-refractivity contribution in [1.29, 1.82) is 0 Å². The fourth-order valence-electron chi connectivity index (χ4n) is 4.59. The fraction of sp³-hybridized carbons (Fsp3) is 0.571. The molecular weight excluding hydrogens is 342 g/mol. The van der Waals surface area contributed by atoms with Gasteiger partial charge in [0.15, 0.2) is 0 Å². The van der Waals surface area contributed by atoms with Crippen LogP contribution in [0.15, 0.2) is 17.3 Å². The molecule has 0 unspecified atom stereocenters. The molecule has 2 fully saturated rings. The SMILES string of the molecule is Cc1sc2nccc(C3CCCC3)c2c1/N=C\N(C=O)C1CCCCC1. The third kappa shape index (κ3) is 3.41. The first-order chi connectivity index (χ1) is 12.8. The van der Waals surface area contributed by atoms with Crippen LogP contribution in [-0.4, -0.2) is 28.7 Å². The normalized spacial score (nSPS) is 19.6. The maximum absolute atomic E-state index is 11.6. The smallest absolute Gasteiger partial charge is 0.215 e. The van der Waals surface area contributed by atoms with Crippen molar-refractivity contribution >= 4 is 40.0 Å². The Morgan fingerprint density at radius 3 is 2.62 bits per heavy atom. The number of nitrogens with zero attached hydrogens (tertiary/aromatic N) is 3. The average Bonchev–Trinajstić information content (AvgIpc) is 3.31. The molecule has 0 aliphatic heterocycles. The van der Waals surface area contributed by atoms with Crippen LogP contribution in [0, 0.1) is 6.92 Å². The lowest BCUT2D eigenvalue weighted by Crippen LogP contribution is -2.34. The van der Waals surface area contributed by atoms with E-state index in [9.17, 15) is 4.79 Å². The van der Waals surface area contributed by atoms with Crippen molar-refractivity contribution in [2.45, 2.75) is 76.7 Å². The second-order valence-corrected chi connectivity index (χ2v) is 8.86. The molecule has 2 aliphatic rings. The number of hydrogen-bond acceptors (Lipinski definition) is 4. The van der Waals surface area contributed by atoms with Gasteiger partial charge in [0.2, 0.25) is 6.41 Å². The zero-order valence-electron chi connectivity index (χ0n) is 15.5. The van der Waals surface area contributed by atoms with Crippen LogP contribution in [-0.2, 0) is 4.79 Å². The highest BCUT2D eigenvalue weighted by atomic mass is 32.1. The molecule has 2 aromatic rings. The van der Waals surface area contributed by atoms with Gasteiger partial charge in [-0.15, -0.1) is 11.3 Å². The summed E-state index contributed by atoms with van der Waals surface area (Å²) >= 11 is 1.71. The van der Waals surface area contributed by atoms with Crippen molar-refractivity contribution in [3.05, 3.63) is 22.7 Å². The van der Waals surface area contributed by atoms with Gasteiger partial charge in [-0.25, -0.2) is 9.98 Å². The molecule has 0 aromatic carbocycles. The minimum absolute atomic E-state index is 0.308. The second-order valence-electron chi connectivity index (χ2n) is 7.66. The molecule has 0 saturated heterocycles. The molecule has 0 spiro atoms. The van der Waals surface area contributed by atoms with Gasteiger partial charge in [-0.2, -0.15) is 0 Å². The van der Waals surface area contributed by atoms with Crippen LogP contribution < -0.4 is 0 Å². The number of rotatable bonds is 5. The lowest BCUT2D eigenvalue weighted by Gasteiger charge is -2.28. The molecule has 138 valence electrons. The van der Waals surface area contributed by atoms with E-state index in [1.54, 1.807) is 22.6 Å². The Labute approximate surface area is 159 Å². The van der Waals surface area contributed by atoms with E-state index >= 15 is 0 Å². The topological polar surface area (TPSA) is 45.6 Å². The van der Waals surface area contributed by atoms with Crippen molar-refractivity contribution in [3.63, 3.8) is 0 Å². The first-order valence-corrected chi connectivity index (χ1v) is 10.7. The summed E-state index contributed by atoms with van der Waals surface area (Å²) in [6.45, 7) is 2.11. The summed E-state index contributed by atoms with van der Waals surface area (Å²) in [5, 5.41) is 1.22. The Hall–Kier alpha value is -1.75. The first kappa shape index (κ1) is 17.7. The lowest BCUT2D eigenvalue weighted by molar-refractivity contribution is -0.116. The van der Waals surface area contributed by atoms with E-state index in [1.807, 2.05) is 6.20 Å². The number of aliphatic imine (C=N–C) groups is 1. The molecule has 0 radical (unpaired) electrons. The molecule has 0 bridgehead atoms. The van der Waals surface area contributed by atoms with Crippen LogP contribution in [0.1, 0.15) is 74.1 Å². The van der Waals surface area contributed by atoms with E-state index in [0.717, 1.165) is 29.8 Å². The van der Waals surface area contributed by atoms with Crippen molar-refractivity contribution in [2.24, 2.45) is 4.99 Å². The fourth-order valence-corrected chi connectivity index (χ4v) is 5.56. The molecule has 4 rings (SSSR count). The second kappa shape index (κ2) is 7.87. The maximum atomic E-state index is 11.6. The summed E-state index contributed by atoms with van der Waals surface area (Å²) in [6, 6.07) is 2.49. The van der Waals surface area contributed by atoms with Gasteiger partial charge >= 0.3 is 0 Å². The third-order valence-electron chi connectivity index (χ3n) is 6.00. The monoisotopic (exact) mass is 369 g/mol. The minimum Gasteiger partial charge on any atom is -0.302 e. The van der Waals surface area contributed by atoms with E-state index in [-0.39, 0.29) is 0 Å². The quantitative estimate of drug-likeness (QED) is 0.385. The van der Waals surface area contributed by atoms with Crippen LogP contribution in [0.3, 0.4) is 0 Å². The highest BCUT2D eigenvalue weighted by Gasteiger charge is 2.23. The largest absolute Gasteiger partial charge is 0.302 e. The number of amides is 1. The van der Waals surface area contributed by atoms with Gasteiger partial charge in [-0.05, 0) is 50.2 Å². The Morgan fingerprint density at radius 2 is 1.88 bits per heavy atom. The number of carbonyl (C=O) groups excluding carboxylic acids is 1. The van der Waals surface area contributed by atoms with Crippen molar-refractivity contribution in [1.82, 2.24) is 9.88 Å². The van der Waals surface area contributed by atoms with Gasteiger partial charge in [0.05, 0.1) is 12.0 Å². The third-order valence-corrected chi connectivity index (χ3v) is 7.00.